The second kappa shape index (κ2) is 13.9. The minimum absolute atomic E-state index is 0.0534. The van der Waals surface area contributed by atoms with E-state index in [1.54, 1.807) is 37.3 Å². The molecule has 0 fully saturated rings. The summed E-state index contributed by atoms with van der Waals surface area (Å²) in [6.07, 6.45) is 0.253. The van der Waals surface area contributed by atoms with E-state index in [0.29, 0.717) is 16.3 Å². The first-order valence-electron chi connectivity index (χ1n) is 14.0. The fourth-order valence-corrected chi connectivity index (χ4v) is 6.68. The molecule has 4 aromatic rings. The number of likely N-dealkylation sites (N-methyl/N-ethyl adjacent to an activating group) is 1. The van der Waals surface area contributed by atoms with Crippen molar-refractivity contribution in [1.29, 1.82) is 0 Å². The molecule has 224 valence electrons. The minimum atomic E-state index is -4.18. The van der Waals surface area contributed by atoms with Crippen LogP contribution in [0.3, 0.4) is 0 Å². The average Bonchev–Trinajstić information content (AvgIpc) is 2.98. The SMILES string of the molecule is CNC(=O)[C@@H](Cc1ccccc1)N(Cc1cccc(C)c1)C(=O)CN(c1ccc(Cl)cc1C)S(=O)(=O)c1ccc(C)cc1. The number of amides is 2. The molecule has 0 saturated heterocycles. The maximum absolute atomic E-state index is 14.4. The molecule has 0 aromatic heterocycles. The highest BCUT2D eigenvalue weighted by Crippen LogP contribution is 2.30. The van der Waals surface area contributed by atoms with Crippen molar-refractivity contribution in [3.63, 3.8) is 0 Å². The van der Waals surface area contributed by atoms with E-state index >= 15 is 0 Å². The summed E-state index contributed by atoms with van der Waals surface area (Å²) in [6, 6.07) is 27.6. The number of carbonyl (C=O) groups is 2. The number of rotatable bonds is 11. The normalized spacial score (nSPS) is 11.9. The molecule has 0 bridgehead atoms. The van der Waals surface area contributed by atoms with Gasteiger partial charge in [0.05, 0.1) is 10.6 Å². The molecule has 0 spiro atoms. The predicted octanol–water partition coefficient (Wildman–Crippen LogP) is 5.85. The highest BCUT2D eigenvalue weighted by atomic mass is 35.5. The molecule has 4 rings (SSSR count). The quantitative estimate of drug-likeness (QED) is 0.229. The number of benzene rings is 4. The van der Waals surface area contributed by atoms with Crippen LogP contribution in [0, 0.1) is 20.8 Å². The zero-order valence-electron chi connectivity index (χ0n) is 24.7. The molecule has 0 aliphatic heterocycles. The van der Waals surface area contributed by atoms with E-state index < -0.39 is 28.5 Å². The number of hydrogen-bond acceptors (Lipinski definition) is 4. The summed E-state index contributed by atoms with van der Waals surface area (Å²) < 4.78 is 29.4. The molecule has 1 N–H and O–H groups in total. The Morgan fingerprint density at radius 3 is 2.12 bits per heavy atom. The third-order valence-electron chi connectivity index (χ3n) is 7.27. The highest BCUT2D eigenvalue weighted by molar-refractivity contribution is 7.92. The minimum Gasteiger partial charge on any atom is -0.357 e. The van der Waals surface area contributed by atoms with Crippen LogP contribution in [0.15, 0.2) is 102 Å². The Kier molecular flexibility index (Phi) is 10.3. The summed E-state index contributed by atoms with van der Waals surface area (Å²) in [7, 11) is -2.65. The third kappa shape index (κ3) is 7.83. The maximum Gasteiger partial charge on any atom is 0.264 e. The molecule has 0 aliphatic carbocycles. The third-order valence-corrected chi connectivity index (χ3v) is 9.28. The number of nitrogens with zero attached hydrogens (tertiary/aromatic N) is 2. The van der Waals surface area contributed by atoms with E-state index in [-0.39, 0.29) is 23.8 Å². The van der Waals surface area contributed by atoms with Gasteiger partial charge in [-0.25, -0.2) is 8.42 Å². The predicted molar refractivity (Wildman–Crippen MR) is 172 cm³/mol. The summed E-state index contributed by atoms with van der Waals surface area (Å²) in [4.78, 5) is 29.3. The van der Waals surface area contributed by atoms with Crippen LogP contribution in [0.1, 0.15) is 27.8 Å². The first-order valence-corrected chi connectivity index (χ1v) is 15.8. The maximum atomic E-state index is 14.4. The van der Waals surface area contributed by atoms with Crippen molar-refractivity contribution in [3.05, 3.63) is 130 Å². The first-order chi connectivity index (χ1) is 20.5. The van der Waals surface area contributed by atoms with Crippen molar-refractivity contribution in [2.24, 2.45) is 0 Å². The number of hydrogen-bond donors (Lipinski definition) is 1. The molecule has 43 heavy (non-hydrogen) atoms. The van der Waals surface area contributed by atoms with Crippen LogP contribution in [0.25, 0.3) is 0 Å². The Morgan fingerprint density at radius 1 is 0.814 bits per heavy atom. The van der Waals surface area contributed by atoms with Crippen LogP contribution in [-0.2, 0) is 32.6 Å². The molecule has 4 aromatic carbocycles. The molecule has 0 saturated carbocycles. The summed E-state index contributed by atoms with van der Waals surface area (Å²) in [5.41, 5.74) is 4.52. The van der Waals surface area contributed by atoms with Gasteiger partial charge < -0.3 is 10.2 Å². The molecule has 0 unspecified atom stereocenters. The fraction of sp³-hybridized carbons (Fsp3) is 0.235. The standard InChI is InChI=1S/C34H36ClN3O4S/c1-24-13-16-30(17-14-24)43(41,42)38(31-18-15-29(35)20-26(31)3)23-33(39)37(22-28-12-8-9-25(2)19-28)32(34(40)36-4)21-27-10-6-5-7-11-27/h5-20,32H,21-23H2,1-4H3,(H,36,40)/t32-/m1/s1. The van der Waals surface area contributed by atoms with Crippen molar-refractivity contribution >= 4 is 39.1 Å². The van der Waals surface area contributed by atoms with Crippen molar-refractivity contribution in [1.82, 2.24) is 10.2 Å². The van der Waals surface area contributed by atoms with Crippen molar-refractivity contribution in [2.75, 3.05) is 17.9 Å². The number of sulfonamides is 1. The molecule has 1 atom stereocenters. The van der Waals surface area contributed by atoms with Gasteiger partial charge in [0.25, 0.3) is 10.0 Å². The van der Waals surface area contributed by atoms with E-state index in [1.165, 1.54) is 24.1 Å². The van der Waals surface area contributed by atoms with E-state index in [2.05, 4.69) is 5.32 Å². The van der Waals surface area contributed by atoms with Gasteiger partial charge in [-0.1, -0.05) is 89.5 Å². The van der Waals surface area contributed by atoms with E-state index in [9.17, 15) is 18.0 Å². The van der Waals surface area contributed by atoms with Crippen molar-refractivity contribution in [3.8, 4) is 0 Å². The first kappa shape index (κ1) is 31.8. The van der Waals surface area contributed by atoms with Gasteiger partial charge in [-0.05, 0) is 67.8 Å². The lowest BCUT2D eigenvalue weighted by Gasteiger charge is -2.34. The van der Waals surface area contributed by atoms with Gasteiger partial charge in [-0.3, -0.25) is 13.9 Å². The Labute approximate surface area is 259 Å². The lowest BCUT2D eigenvalue weighted by Crippen LogP contribution is -2.53. The van der Waals surface area contributed by atoms with E-state index in [4.69, 9.17) is 11.6 Å². The number of halogens is 1. The second-order valence-electron chi connectivity index (χ2n) is 10.6. The van der Waals surface area contributed by atoms with Crippen LogP contribution in [0.2, 0.25) is 5.02 Å². The van der Waals surface area contributed by atoms with Crippen LogP contribution >= 0.6 is 11.6 Å². The molecule has 7 nitrogen and oxygen atoms in total. The Balaban J connectivity index is 1.81. The zero-order valence-corrected chi connectivity index (χ0v) is 26.3. The smallest absolute Gasteiger partial charge is 0.264 e. The van der Waals surface area contributed by atoms with Crippen LogP contribution in [0.5, 0.6) is 0 Å². The van der Waals surface area contributed by atoms with Gasteiger partial charge in [-0.2, -0.15) is 0 Å². The highest BCUT2D eigenvalue weighted by Gasteiger charge is 2.34. The molecule has 0 heterocycles. The van der Waals surface area contributed by atoms with E-state index in [0.717, 1.165) is 26.6 Å². The molecular formula is C34H36ClN3O4S. The Bertz CT molecular complexity index is 1690. The molecule has 9 heteroatoms. The topological polar surface area (TPSA) is 86.8 Å². The molecule has 0 aliphatic rings. The zero-order chi connectivity index (χ0) is 31.1. The van der Waals surface area contributed by atoms with Crippen LogP contribution < -0.4 is 9.62 Å². The lowest BCUT2D eigenvalue weighted by molar-refractivity contribution is -0.139. The summed E-state index contributed by atoms with van der Waals surface area (Å²) in [5.74, 6) is -0.864. The number of aryl methyl sites for hydroxylation is 3. The van der Waals surface area contributed by atoms with Gasteiger partial charge in [-0.15, -0.1) is 0 Å². The monoisotopic (exact) mass is 617 g/mol. The largest absolute Gasteiger partial charge is 0.357 e. The summed E-state index contributed by atoms with van der Waals surface area (Å²) in [6.45, 7) is 5.16. The molecule has 0 radical (unpaired) electrons. The van der Waals surface area contributed by atoms with Crippen LogP contribution in [-0.4, -0.2) is 44.8 Å². The van der Waals surface area contributed by atoms with Crippen molar-refractivity contribution < 1.29 is 18.0 Å². The Morgan fingerprint density at radius 2 is 1.49 bits per heavy atom. The van der Waals surface area contributed by atoms with E-state index in [1.807, 2.05) is 68.4 Å². The number of anilines is 1. The summed E-state index contributed by atoms with van der Waals surface area (Å²) in [5, 5.41) is 3.15. The molecule has 2 amide bonds. The van der Waals surface area contributed by atoms with Gasteiger partial charge >= 0.3 is 0 Å². The van der Waals surface area contributed by atoms with Crippen LogP contribution in [0.4, 0.5) is 5.69 Å². The Hall–Kier alpha value is -4.14. The van der Waals surface area contributed by atoms with Gasteiger partial charge in [0.15, 0.2) is 0 Å². The fourth-order valence-electron chi connectivity index (χ4n) is 4.98. The second-order valence-corrected chi connectivity index (χ2v) is 12.9. The summed E-state index contributed by atoms with van der Waals surface area (Å²) >= 11 is 6.21. The lowest BCUT2D eigenvalue weighted by atomic mass is 10.0. The van der Waals surface area contributed by atoms with Crippen molar-refractivity contribution in [2.45, 2.75) is 44.7 Å². The molecular weight excluding hydrogens is 582 g/mol. The van der Waals surface area contributed by atoms with Gasteiger partial charge in [0, 0.05) is 25.0 Å². The average molecular weight is 618 g/mol. The van der Waals surface area contributed by atoms with Gasteiger partial charge in [0.1, 0.15) is 12.6 Å². The number of carbonyl (C=O) groups excluding carboxylic acids is 2. The van der Waals surface area contributed by atoms with Gasteiger partial charge in [0.2, 0.25) is 11.8 Å². The number of nitrogens with one attached hydrogen (secondary N) is 1.